The Hall–Kier alpha value is -1.59. The van der Waals surface area contributed by atoms with Crippen LogP contribution >= 0.6 is 12.4 Å². The fourth-order valence-electron chi connectivity index (χ4n) is 3.13. The van der Waals surface area contributed by atoms with Crippen LogP contribution in [0.2, 0.25) is 0 Å². The second-order valence-corrected chi connectivity index (χ2v) is 6.74. The van der Waals surface area contributed by atoms with Gasteiger partial charge < -0.3 is 16.0 Å². The minimum absolute atomic E-state index is 0. The van der Waals surface area contributed by atoms with Gasteiger partial charge in [0.15, 0.2) is 0 Å². The van der Waals surface area contributed by atoms with Gasteiger partial charge in [0.1, 0.15) is 0 Å². The van der Waals surface area contributed by atoms with Gasteiger partial charge in [-0.15, -0.1) is 12.4 Å². The van der Waals surface area contributed by atoms with E-state index in [2.05, 4.69) is 22.9 Å². The van der Waals surface area contributed by atoms with E-state index in [4.69, 9.17) is 0 Å². The smallest absolute Gasteiger partial charge is 0.251 e. The van der Waals surface area contributed by atoms with E-state index in [1.165, 1.54) is 0 Å². The van der Waals surface area contributed by atoms with Gasteiger partial charge in [-0.05, 0) is 56.8 Å². The summed E-state index contributed by atoms with van der Waals surface area (Å²) >= 11 is 0. The molecule has 0 aromatic heterocycles. The summed E-state index contributed by atoms with van der Waals surface area (Å²) in [6.07, 6.45) is 2.87. The Morgan fingerprint density at radius 2 is 1.72 bits per heavy atom. The van der Waals surface area contributed by atoms with Crippen LogP contribution in [0.4, 0.5) is 0 Å². The molecular formula is C19H30ClN3O2. The standard InChI is InChI=1S/C19H29N3O2.ClH/c1-14-3-5-17(6-4-14)19(24)22-12-11-21-18(23)13-15(2)16-7-9-20-10-8-16;/h3-6,15-16,20H,7-13H2,1-2H3,(H,21,23)(H,22,24);1H. The first-order chi connectivity index (χ1) is 11.6. The first-order valence-electron chi connectivity index (χ1n) is 8.88. The molecule has 0 radical (unpaired) electrons. The van der Waals surface area contributed by atoms with E-state index in [9.17, 15) is 9.59 Å². The van der Waals surface area contributed by atoms with Crippen molar-refractivity contribution in [3.05, 3.63) is 35.4 Å². The predicted octanol–water partition coefficient (Wildman–Crippen LogP) is 2.29. The Morgan fingerprint density at radius 3 is 2.36 bits per heavy atom. The van der Waals surface area contributed by atoms with Crippen molar-refractivity contribution < 1.29 is 9.59 Å². The van der Waals surface area contributed by atoms with Crippen LogP contribution in [-0.4, -0.2) is 38.0 Å². The third-order valence-corrected chi connectivity index (χ3v) is 4.74. The lowest BCUT2D eigenvalue weighted by Crippen LogP contribution is -2.36. The summed E-state index contributed by atoms with van der Waals surface area (Å²) in [6.45, 7) is 7.18. The molecule has 1 heterocycles. The number of rotatable bonds is 7. The molecule has 3 N–H and O–H groups in total. The fraction of sp³-hybridized carbons (Fsp3) is 0.579. The van der Waals surface area contributed by atoms with Gasteiger partial charge >= 0.3 is 0 Å². The molecule has 0 saturated carbocycles. The van der Waals surface area contributed by atoms with Crippen molar-refractivity contribution in [2.75, 3.05) is 26.2 Å². The Kier molecular flexibility index (Phi) is 9.53. The van der Waals surface area contributed by atoms with Crippen molar-refractivity contribution in [2.24, 2.45) is 11.8 Å². The van der Waals surface area contributed by atoms with Gasteiger partial charge in [-0.1, -0.05) is 24.6 Å². The molecule has 1 aromatic carbocycles. The van der Waals surface area contributed by atoms with E-state index >= 15 is 0 Å². The maximum Gasteiger partial charge on any atom is 0.251 e. The van der Waals surface area contributed by atoms with E-state index in [0.29, 0.717) is 36.9 Å². The van der Waals surface area contributed by atoms with Crippen LogP contribution in [0.3, 0.4) is 0 Å². The molecular weight excluding hydrogens is 338 g/mol. The molecule has 25 heavy (non-hydrogen) atoms. The van der Waals surface area contributed by atoms with Crippen LogP contribution in [0, 0.1) is 18.8 Å². The molecule has 2 amide bonds. The summed E-state index contributed by atoms with van der Waals surface area (Å²) in [5, 5.41) is 9.08. The van der Waals surface area contributed by atoms with Gasteiger partial charge in [-0.25, -0.2) is 0 Å². The average molecular weight is 368 g/mol. The van der Waals surface area contributed by atoms with Gasteiger partial charge in [-0.2, -0.15) is 0 Å². The quantitative estimate of drug-likeness (QED) is 0.647. The van der Waals surface area contributed by atoms with Crippen molar-refractivity contribution in [2.45, 2.75) is 33.1 Å². The van der Waals surface area contributed by atoms with Crippen LogP contribution in [0.25, 0.3) is 0 Å². The van der Waals surface area contributed by atoms with Crippen LogP contribution in [-0.2, 0) is 4.79 Å². The summed E-state index contributed by atoms with van der Waals surface area (Å²) in [4.78, 5) is 24.0. The number of nitrogens with one attached hydrogen (secondary N) is 3. The van der Waals surface area contributed by atoms with Gasteiger partial charge in [0.25, 0.3) is 5.91 Å². The van der Waals surface area contributed by atoms with E-state index < -0.39 is 0 Å². The molecule has 1 aliphatic heterocycles. The fourth-order valence-corrected chi connectivity index (χ4v) is 3.13. The van der Waals surface area contributed by atoms with E-state index in [1.807, 2.05) is 31.2 Å². The zero-order chi connectivity index (χ0) is 17.4. The number of carbonyl (C=O) groups excluding carboxylic acids is 2. The number of carbonyl (C=O) groups is 2. The van der Waals surface area contributed by atoms with Gasteiger partial charge in [0, 0.05) is 25.1 Å². The van der Waals surface area contributed by atoms with Crippen molar-refractivity contribution in [3.8, 4) is 0 Å². The average Bonchev–Trinajstić information content (AvgIpc) is 2.60. The Bertz CT molecular complexity index is 542. The predicted molar refractivity (Wildman–Crippen MR) is 103 cm³/mol. The summed E-state index contributed by atoms with van der Waals surface area (Å²) in [5.74, 6) is 1.02. The first-order valence-corrected chi connectivity index (χ1v) is 8.88. The summed E-state index contributed by atoms with van der Waals surface area (Å²) in [7, 11) is 0. The van der Waals surface area contributed by atoms with Crippen LogP contribution in [0.1, 0.15) is 42.1 Å². The molecule has 0 bridgehead atoms. The van der Waals surface area contributed by atoms with Crippen LogP contribution in [0.15, 0.2) is 24.3 Å². The number of aryl methyl sites for hydroxylation is 1. The molecule has 140 valence electrons. The minimum Gasteiger partial charge on any atom is -0.354 e. The Balaban J connectivity index is 0.00000312. The molecule has 0 spiro atoms. The van der Waals surface area contributed by atoms with E-state index in [-0.39, 0.29) is 24.2 Å². The number of benzene rings is 1. The zero-order valence-corrected chi connectivity index (χ0v) is 16.0. The van der Waals surface area contributed by atoms with Gasteiger partial charge in [0.05, 0.1) is 0 Å². The van der Waals surface area contributed by atoms with Crippen LogP contribution < -0.4 is 16.0 Å². The maximum absolute atomic E-state index is 12.0. The Morgan fingerprint density at radius 1 is 1.12 bits per heavy atom. The third kappa shape index (κ3) is 7.45. The Labute approximate surface area is 156 Å². The summed E-state index contributed by atoms with van der Waals surface area (Å²) in [5.41, 5.74) is 1.77. The van der Waals surface area contributed by atoms with Gasteiger partial charge in [0.2, 0.25) is 5.91 Å². The maximum atomic E-state index is 12.0. The molecule has 5 nitrogen and oxygen atoms in total. The number of amides is 2. The molecule has 1 fully saturated rings. The zero-order valence-electron chi connectivity index (χ0n) is 15.1. The van der Waals surface area contributed by atoms with Gasteiger partial charge in [-0.3, -0.25) is 9.59 Å². The summed E-state index contributed by atoms with van der Waals surface area (Å²) in [6, 6.07) is 7.45. The monoisotopic (exact) mass is 367 g/mol. The second kappa shape index (κ2) is 11.1. The lowest BCUT2D eigenvalue weighted by Gasteiger charge is -2.27. The topological polar surface area (TPSA) is 70.2 Å². The van der Waals surface area contributed by atoms with Crippen molar-refractivity contribution in [1.29, 1.82) is 0 Å². The lowest BCUT2D eigenvalue weighted by molar-refractivity contribution is -0.122. The highest BCUT2D eigenvalue weighted by molar-refractivity contribution is 5.94. The third-order valence-electron chi connectivity index (χ3n) is 4.74. The lowest BCUT2D eigenvalue weighted by atomic mass is 9.84. The number of piperidine rings is 1. The molecule has 1 aromatic rings. The number of hydrogen-bond acceptors (Lipinski definition) is 3. The highest BCUT2D eigenvalue weighted by Gasteiger charge is 2.21. The largest absolute Gasteiger partial charge is 0.354 e. The molecule has 1 saturated heterocycles. The van der Waals surface area contributed by atoms with E-state index in [0.717, 1.165) is 31.5 Å². The van der Waals surface area contributed by atoms with Crippen LogP contribution in [0.5, 0.6) is 0 Å². The number of halogens is 1. The van der Waals surface area contributed by atoms with Crippen molar-refractivity contribution in [1.82, 2.24) is 16.0 Å². The minimum atomic E-state index is -0.104. The van der Waals surface area contributed by atoms with Crippen molar-refractivity contribution >= 4 is 24.2 Å². The second-order valence-electron chi connectivity index (χ2n) is 6.74. The molecule has 2 rings (SSSR count). The highest BCUT2D eigenvalue weighted by Crippen LogP contribution is 2.23. The molecule has 1 atom stereocenters. The molecule has 1 aliphatic rings. The van der Waals surface area contributed by atoms with Crippen molar-refractivity contribution in [3.63, 3.8) is 0 Å². The highest BCUT2D eigenvalue weighted by atomic mass is 35.5. The summed E-state index contributed by atoms with van der Waals surface area (Å²) < 4.78 is 0. The molecule has 0 aliphatic carbocycles. The SMILES string of the molecule is Cc1ccc(C(=O)NCCNC(=O)CC(C)C2CCNCC2)cc1.Cl. The normalized spacial score (nSPS) is 15.8. The first kappa shape index (κ1) is 21.5. The van der Waals surface area contributed by atoms with E-state index in [1.54, 1.807) is 0 Å². The number of hydrogen-bond donors (Lipinski definition) is 3. The molecule has 6 heteroatoms. The molecule has 1 unspecified atom stereocenters.